The first-order valence-electron chi connectivity index (χ1n) is 5.71. The highest BCUT2D eigenvalue weighted by Gasteiger charge is 2.07. The molecule has 1 N–H and O–H groups in total. The molecule has 0 aromatic heterocycles. The van der Waals surface area contributed by atoms with Crippen LogP contribution in [0.25, 0.3) is 0 Å². The Morgan fingerprint density at radius 3 is 2.59 bits per heavy atom. The van der Waals surface area contributed by atoms with Crippen LogP contribution in [0.5, 0.6) is 0 Å². The molecule has 0 fully saturated rings. The second kappa shape index (κ2) is 7.95. The van der Waals surface area contributed by atoms with Gasteiger partial charge in [0.1, 0.15) is 14.2 Å². The molecule has 0 aliphatic carbocycles. The van der Waals surface area contributed by atoms with Crippen LogP contribution in [0.1, 0.15) is 19.8 Å². The standard InChI is InChI=1S/C13H20O3Si/c1-5-16-13(15)10-9-12(14)8-6-7-11-17(2,3)4/h12,14H,5-6,8H2,1-4H3. The van der Waals surface area contributed by atoms with Gasteiger partial charge >= 0.3 is 5.97 Å². The molecule has 0 aromatic rings. The number of carbonyl (C=O) groups is 1. The molecule has 0 aromatic carbocycles. The van der Waals surface area contributed by atoms with E-state index < -0.39 is 20.1 Å². The normalized spacial score (nSPS) is 11.6. The SMILES string of the molecule is CCOC(=O)C#CC(O)CCC#C[Si](C)(C)C. The third-order valence-electron chi connectivity index (χ3n) is 1.62. The van der Waals surface area contributed by atoms with Crippen molar-refractivity contribution in [2.24, 2.45) is 0 Å². The summed E-state index contributed by atoms with van der Waals surface area (Å²) in [7, 11) is -1.33. The lowest BCUT2D eigenvalue weighted by atomic mass is 10.2. The fourth-order valence-corrected chi connectivity index (χ4v) is 1.57. The molecule has 0 spiro atoms. The molecular weight excluding hydrogens is 232 g/mol. The van der Waals surface area contributed by atoms with E-state index in [1.165, 1.54) is 0 Å². The van der Waals surface area contributed by atoms with Gasteiger partial charge in [-0.3, -0.25) is 0 Å². The van der Waals surface area contributed by atoms with Crippen molar-refractivity contribution in [3.8, 4) is 23.3 Å². The maximum Gasteiger partial charge on any atom is 0.384 e. The average molecular weight is 252 g/mol. The maximum atomic E-state index is 10.9. The van der Waals surface area contributed by atoms with E-state index in [2.05, 4.69) is 47.7 Å². The van der Waals surface area contributed by atoms with Gasteiger partial charge in [0.2, 0.25) is 0 Å². The number of carbonyl (C=O) groups excluding carboxylic acids is 1. The number of ether oxygens (including phenoxy) is 1. The predicted molar refractivity (Wildman–Crippen MR) is 70.8 cm³/mol. The molecule has 3 nitrogen and oxygen atoms in total. The summed E-state index contributed by atoms with van der Waals surface area (Å²) in [4.78, 5) is 10.9. The first-order chi connectivity index (χ1) is 7.85. The van der Waals surface area contributed by atoms with E-state index in [9.17, 15) is 9.90 Å². The first-order valence-corrected chi connectivity index (χ1v) is 9.21. The summed E-state index contributed by atoms with van der Waals surface area (Å²) in [5, 5.41) is 9.46. The molecule has 1 unspecified atom stereocenters. The van der Waals surface area contributed by atoms with Gasteiger partial charge in [-0.25, -0.2) is 4.79 Å². The Kier molecular flexibility index (Phi) is 7.37. The fourth-order valence-electron chi connectivity index (χ4n) is 0.918. The minimum atomic E-state index is -1.33. The fraction of sp³-hybridized carbons (Fsp3) is 0.615. The first kappa shape index (κ1) is 15.8. The van der Waals surface area contributed by atoms with Crippen LogP contribution in [0.4, 0.5) is 0 Å². The molecule has 0 bridgehead atoms. The van der Waals surface area contributed by atoms with Crippen LogP contribution in [0, 0.1) is 23.3 Å². The van der Waals surface area contributed by atoms with Gasteiger partial charge in [-0.1, -0.05) is 25.6 Å². The summed E-state index contributed by atoms with van der Waals surface area (Å²) in [6.45, 7) is 8.50. The predicted octanol–water partition coefficient (Wildman–Crippen LogP) is 1.57. The molecule has 4 heteroatoms. The number of esters is 1. The summed E-state index contributed by atoms with van der Waals surface area (Å²) in [5.74, 6) is 7.12. The largest absolute Gasteiger partial charge is 0.456 e. The van der Waals surface area contributed by atoms with Crippen LogP contribution in [0.15, 0.2) is 0 Å². The Labute approximate surface area is 105 Å². The van der Waals surface area contributed by atoms with Gasteiger partial charge in [-0.15, -0.1) is 11.5 Å². The van der Waals surface area contributed by atoms with Gasteiger partial charge in [-0.2, -0.15) is 0 Å². The summed E-state index contributed by atoms with van der Waals surface area (Å²) >= 11 is 0. The van der Waals surface area contributed by atoms with Crippen LogP contribution < -0.4 is 0 Å². The van der Waals surface area contributed by atoms with Crippen LogP contribution in [0.3, 0.4) is 0 Å². The number of hydrogen-bond donors (Lipinski definition) is 1. The molecule has 94 valence electrons. The van der Waals surface area contributed by atoms with E-state index in [1.807, 2.05) is 0 Å². The minimum Gasteiger partial charge on any atom is -0.456 e. The third kappa shape index (κ3) is 11.0. The van der Waals surface area contributed by atoms with Gasteiger partial charge < -0.3 is 9.84 Å². The lowest BCUT2D eigenvalue weighted by Gasteiger charge is -2.03. The Balaban J connectivity index is 3.98. The van der Waals surface area contributed by atoms with E-state index in [4.69, 9.17) is 0 Å². The van der Waals surface area contributed by atoms with Gasteiger partial charge in [0, 0.05) is 12.3 Å². The van der Waals surface area contributed by atoms with Gasteiger partial charge in [0.15, 0.2) is 0 Å². The molecule has 0 heterocycles. The molecule has 0 saturated carbocycles. The van der Waals surface area contributed by atoms with Crippen molar-refractivity contribution in [2.75, 3.05) is 6.61 Å². The second-order valence-corrected chi connectivity index (χ2v) is 9.35. The van der Waals surface area contributed by atoms with Crippen molar-refractivity contribution in [1.82, 2.24) is 0 Å². The maximum absolute atomic E-state index is 10.9. The quantitative estimate of drug-likeness (QED) is 0.359. The van der Waals surface area contributed by atoms with Crippen molar-refractivity contribution in [1.29, 1.82) is 0 Å². The third-order valence-corrected chi connectivity index (χ3v) is 2.55. The zero-order chi connectivity index (χ0) is 13.3. The lowest BCUT2D eigenvalue weighted by Crippen LogP contribution is -2.16. The van der Waals surface area contributed by atoms with Crippen LogP contribution in [-0.4, -0.2) is 31.9 Å². The Morgan fingerprint density at radius 1 is 1.41 bits per heavy atom. The smallest absolute Gasteiger partial charge is 0.384 e. The lowest BCUT2D eigenvalue weighted by molar-refractivity contribution is -0.136. The highest BCUT2D eigenvalue weighted by molar-refractivity contribution is 6.83. The summed E-state index contributed by atoms with van der Waals surface area (Å²) in [6.07, 6.45) is 0.252. The number of rotatable bonds is 3. The summed E-state index contributed by atoms with van der Waals surface area (Å²) in [6, 6.07) is 0. The average Bonchev–Trinajstić information content (AvgIpc) is 2.21. The highest BCUT2D eigenvalue weighted by atomic mass is 28.3. The second-order valence-electron chi connectivity index (χ2n) is 4.60. The van der Waals surface area contributed by atoms with E-state index in [-0.39, 0.29) is 0 Å². The van der Waals surface area contributed by atoms with Gasteiger partial charge in [0.05, 0.1) is 6.61 Å². The van der Waals surface area contributed by atoms with Crippen molar-refractivity contribution in [3.05, 3.63) is 0 Å². The summed E-state index contributed by atoms with van der Waals surface area (Å²) in [5.41, 5.74) is 3.20. The molecule has 0 aliphatic heterocycles. The van der Waals surface area contributed by atoms with Crippen LogP contribution >= 0.6 is 0 Å². The zero-order valence-corrected chi connectivity index (χ0v) is 12.0. The molecule has 0 rings (SSSR count). The van der Waals surface area contributed by atoms with Crippen molar-refractivity contribution in [3.63, 3.8) is 0 Å². The Morgan fingerprint density at radius 2 is 2.06 bits per heavy atom. The highest BCUT2D eigenvalue weighted by Crippen LogP contribution is 1.99. The molecule has 0 saturated heterocycles. The number of aliphatic hydroxyl groups is 1. The van der Waals surface area contributed by atoms with Crippen molar-refractivity contribution < 1.29 is 14.6 Å². The number of aliphatic hydroxyl groups excluding tert-OH is 1. The minimum absolute atomic E-state index is 0.297. The van der Waals surface area contributed by atoms with Crippen molar-refractivity contribution >= 4 is 14.0 Å². The van der Waals surface area contributed by atoms with Crippen molar-refractivity contribution in [2.45, 2.75) is 45.5 Å². The number of hydrogen-bond acceptors (Lipinski definition) is 3. The molecule has 0 amide bonds. The van der Waals surface area contributed by atoms with E-state index in [0.717, 1.165) is 0 Å². The molecule has 0 radical (unpaired) electrons. The van der Waals surface area contributed by atoms with E-state index in [0.29, 0.717) is 19.4 Å². The molecule has 0 aliphatic rings. The molecular formula is C13H20O3Si. The monoisotopic (exact) mass is 252 g/mol. The Bertz CT molecular complexity index is 360. The topological polar surface area (TPSA) is 46.5 Å². The van der Waals surface area contributed by atoms with E-state index in [1.54, 1.807) is 6.92 Å². The zero-order valence-electron chi connectivity index (χ0n) is 11.0. The molecule has 1 atom stereocenters. The van der Waals surface area contributed by atoms with Gasteiger partial charge in [0.25, 0.3) is 0 Å². The van der Waals surface area contributed by atoms with Crippen LogP contribution in [0.2, 0.25) is 19.6 Å². The van der Waals surface area contributed by atoms with Gasteiger partial charge in [-0.05, 0) is 13.3 Å². The Hall–Kier alpha value is -1.23. The van der Waals surface area contributed by atoms with Crippen LogP contribution in [-0.2, 0) is 9.53 Å². The summed E-state index contributed by atoms with van der Waals surface area (Å²) < 4.78 is 4.62. The van der Waals surface area contributed by atoms with E-state index >= 15 is 0 Å². The molecule has 17 heavy (non-hydrogen) atoms.